The molecule has 0 aliphatic heterocycles. The van der Waals surface area contributed by atoms with Crippen molar-refractivity contribution in [1.82, 2.24) is 9.97 Å². The van der Waals surface area contributed by atoms with Crippen molar-refractivity contribution >= 4 is 39.5 Å². The van der Waals surface area contributed by atoms with Crippen molar-refractivity contribution in [2.24, 2.45) is 0 Å². The second-order valence-electron chi connectivity index (χ2n) is 4.18. The fourth-order valence-corrected chi connectivity index (χ4v) is 2.72. The largest absolute Gasteiger partial charge is 0.384 e. The molecular weight excluding hydrogens is 278 g/mol. The Labute approximate surface area is 120 Å². The molecule has 19 heavy (non-hydrogen) atoms. The smallest absolute Gasteiger partial charge is 0.0794 e. The maximum absolute atomic E-state index is 5.98. The average Bonchev–Trinajstić information content (AvgIpc) is 2.92. The number of aromatic nitrogens is 2. The second-order valence-corrected chi connectivity index (χ2v) is 5.33. The fourth-order valence-electron chi connectivity index (χ4n) is 1.96. The number of benzene rings is 1. The van der Waals surface area contributed by atoms with Gasteiger partial charge in [0.2, 0.25) is 0 Å². The van der Waals surface area contributed by atoms with E-state index in [0.717, 1.165) is 35.2 Å². The highest BCUT2D eigenvalue weighted by Gasteiger charge is 2.02. The number of halogens is 1. The van der Waals surface area contributed by atoms with Gasteiger partial charge in [-0.1, -0.05) is 11.6 Å². The summed E-state index contributed by atoms with van der Waals surface area (Å²) in [6.45, 7) is 0.853. The maximum atomic E-state index is 5.98. The van der Waals surface area contributed by atoms with Gasteiger partial charge < -0.3 is 5.32 Å². The first kappa shape index (κ1) is 12.4. The van der Waals surface area contributed by atoms with Crippen LogP contribution in [0.1, 0.15) is 5.69 Å². The monoisotopic (exact) mass is 289 g/mol. The van der Waals surface area contributed by atoms with Crippen LogP contribution in [0, 0.1) is 0 Å². The van der Waals surface area contributed by atoms with Crippen LogP contribution in [-0.2, 0) is 6.42 Å². The molecule has 3 aromatic rings. The Balaban J connectivity index is 1.77. The van der Waals surface area contributed by atoms with E-state index in [9.17, 15) is 0 Å². The molecule has 96 valence electrons. The third-order valence-corrected chi connectivity index (χ3v) is 3.76. The van der Waals surface area contributed by atoms with Gasteiger partial charge >= 0.3 is 0 Å². The Morgan fingerprint density at radius 2 is 2.16 bits per heavy atom. The first-order valence-corrected chi connectivity index (χ1v) is 7.30. The van der Waals surface area contributed by atoms with Crippen molar-refractivity contribution in [2.75, 3.05) is 11.9 Å². The van der Waals surface area contributed by atoms with Gasteiger partial charge in [0, 0.05) is 40.6 Å². The Morgan fingerprint density at radius 3 is 3.00 bits per heavy atom. The van der Waals surface area contributed by atoms with Crippen LogP contribution in [-0.4, -0.2) is 16.5 Å². The molecule has 2 heterocycles. The zero-order valence-corrected chi connectivity index (χ0v) is 11.7. The first-order chi connectivity index (χ1) is 9.33. The van der Waals surface area contributed by atoms with E-state index in [0.29, 0.717) is 5.02 Å². The lowest BCUT2D eigenvalue weighted by atomic mass is 10.2. The highest BCUT2D eigenvalue weighted by molar-refractivity contribution is 7.07. The van der Waals surface area contributed by atoms with Crippen LogP contribution in [0.2, 0.25) is 5.02 Å². The van der Waals surface area contributed by atoms with E-state index in [1.807, 2.05) is 29.8 Å². The number of nitrogens with zero attached hydrogens (tertiary/aromatic N) is 2. The molecule has 2 aromatic heterocycles. The molecule has 0 spiro atoms. The summed E-state index contributed by atoms with van der Waals surface area (Å²) in [6.07, 6.45) is 2.71. The average molecular weight is 290 g/mol. The van der Waals surface area contributed by atoms with Gasteiger partial charge in [0.05, 0.1) is 16.7 Å². The van der Waals surface area contributed by atoms with Gasteiger partial charge in [-0.25, -0.2) is 4.98 Å². The number of thiazole rings is 1. The minimum Gasteiger partial charge on any atom is -0.384 e. The zero-order chi connectivity index (χ0) is 13.1. The molecule has 0 amide bonds. The normalized spacial score (nSPS) is 10.8. The van der Waals surface area contributed by atoms with E-state index in [1.54, 1.807) is 17.5 Å². The van der Waals surface area contributed by atoms with Gasteiger partial charge in [0.15, 0.2) is 0 Å². The molecule has 0 fully saturated rings. The number of rotatable bonds is 4. The van der Waals surface area contributed by atoms with Crippen LogP contribution in [0.25, 0.3) is 10.9 Å². The standard InChI is InChI=1S/C14H12ClN3S/c15-10-1-2-12-13(4-6-17-14(12)7-10)16-5-3-11-8-19-9-18-11/h1-2,4,6-9H,3,5H2,(H,16,17). The third kappa shape index (κ3) is 2.85. The van der Waals surface area contributed by atoms with Crippen molar-refractivity contribution in [3.8, 4) is 0 Å². The van der Waals surface area contributed by atoms with Crippen molar-refractivity contribution in [3.63, 3.8) is 0 Å². The summed E-state index contributed by atoms with van der Waals surface area (Å²) in [5.74, 6) is 0. The topological polar surface area (TPSA) is 37.8 Å². The molecule has 0 bridgehead atoms. The minimum absolute atomic E-state index is 0.708. The quantitative estimate of drug-likeness (QED) is 0.789. The lowest BCUT2D eigenvalue weighted by molar-refractivity contribution is 0.978. The molecule has 3 nitrogen and oxygen atoms in total. The Hall–Kier alpha value is -1.65. The van der Waals surface area contributed by atoms with Gasteiger partial charge in [-0.15, -0.1) is 11.3 Å². The molecule has 5 heteroatoms. The molecule has 0 aliphatic carbocycles. The molecule has 0 unspecified atom stereocenters. The van der Waals surface area contributed by atoms with Crippen molar-refractivity contribution in [1.29, 1.82) is 0 Å². The molecule has 0 saturated carbocycles. The van der Waals surface area contributed by atoms with Crippen molar-refractivity contribution < 1.29 is 0 Å². The SMILES string of the molecule is Clc1ccc2c(NCCc3cscn3)ccnc2c1. The van der Waals surface area contributed by atoms with Gasteiger partial charge in [0.25, 0.3) is 0 Å². The van der Waals surface area contributed by atoms with Gasteiger partial charge in [-0.2, -0.15) is 0 Å². The number of pyridine rings is 1. The number of hydrogen-bond donors (Lipinski definition) is 1. The molecule has 1 N–H and O–H groups in total. The fraction of sp³-hybridized carbons (Fsp3) is 0.143. The van der Waals surface area contributed by atoms with Crippen LogP contribution in [0.3, 0.4) is 0 Å². The summed E-state index contributed by atoms with van der Waals surface area (Å²) in [6, 6.07) is 7.74. The molecule has 0 saturated heterocycles. The Morgan fingerprint density at radius 1 is 1.21 bits per heavy atom. The summed E-state index contributed by atoms with van der Waals surface area (Å²) in [7, 11) is 0. The van der Waals surface area contributed by atoms with Crippen LogP contribution < -0.4 is 5.32 Å². The summed E-state index contributed by atoms with van der Waals surface area (Å²) in [4.78, 5) is 8.60. The minimum atomic E-state index is 0.708. The Kier molecular flexibility index (Phi) is 3.62. The van der Waals surface area contributed by atoms with E-state index in [2.05, 4.69) is 20.7 Å². The third-order valence-electron chi connectivity index (χ3n) is 2.88. The van der Waals surface area contributed by atoms with Gasteiger partial charge in [0.1, 0.15) is 0 Å². The molecular formula is C14H12ClN3S. The predicted octanol–water partition coefficient (Wildman–Crippen LogP) is 4.00. The maximum Gasteiger partial charge on any atom is 0.0794 e. The molecule has 0 aliphatic rings. The summed E-state index contributed by atoms with van der Waals surface area (Å²) < 4.78 is 0. The lowest BCUT2D eigenvalue weighted by Crippen LogP contribution is -2.05. The summed E-state index contributed by atoms with van der Waals surface area (Å²) in [5.41, 5.74) is 4.97. The summed E-state index contributed by atoms with van der Waals surface area (Å²) in [5, 5.41) is 7.30. The van der Waals surface area contributed by atoms with Gasteiger partial charge in [-0.3, -0.25) is 4.98 Å². The number of hydrogen-bond acceptors (Lipinski definition) is 4. The van der Waals surface area contributed by atoms with E-state index in [-0.39, 0.29) is 0 Å². The van der Waals surface area contributed by atoms with Crippen LogP contribution in [0.5, 0.6) is 0 Å². The highest BCUT2D eigenvalue weighted by atomic mass is 35.5. The van der Waals surface area contributed by atoms with E-state index in [4.69, 9.17) is 11.6 Å². The first-order valence-electron chi connectivity index (χ1n) is 5.98. The van der Waals surface area contributed by atoms with E-state index >= 15 is 0 Å². The highest BCUT2D eigenvalue weighted by Crippen LogP contribution is 2.24. The lowest BCUT2D eigenvalue weighted by Gasteiger charge is -2.08. The molecule has 0 radical (unpaired) electrons. The zero-order valence-electron chi connectivity index (χ0n) is 10.1. The summed E-state index contributed by atoms with van der Waals surface area (Å²) >= 11 is 7.60. The number of fused-ring (bicyclic) bond motifs is 1. The Bertz CT molecular complexity index is 682. The predicted molar refractivity (Wildman–Crippen MR) is 81.1 cm³/mol. The van der Waals surface area contributed by atoms with Crippen LogP contribution >= 0.6 is 22.9 Å². The number of nitrogens with one attached hydrogen (secondary N) is 1. The van der Waals surface area contributed by atoms with Crippen LogP contribution in [0.4, 0.5) is 5.69 Å². The van der Waals surface area contributed by atoms with Gasteiger partial charge in [-0.05, 0) is 24.3 Å². The molecule has 0 atom stereocenters. The van der Waals surface area contributed by atoms with Crippen LogP contribution in [0.15, 0.2) is 41.4 Å². The molecule has 1 aromatic carbocycles. The van der Waals surface area contributed by atoms with E-state index in [1.165, 1.54) is 0 Å². The number of anilines is 1. The van der Waals surface area contributed by atoms with Crippen molar-refractivity contribution in [3.05, 3.63) is 52.1 Å². The van der Waals surface area contributed by atoms with E-state index < -0.39 is 0 Å². The second kappa shape index (κ2) is 5.55. The molecule has 3 rings (SSSR count). The van der Waals surface area contributed by atoms with Crippen molar-refractivity contribution in [2.45, 2.75) is 6.42 Å².